The van der Waals surface area contributed by atoms with Crippen LogP contribution in [0.4, 0.5) is 0 Å². The number of hydrogen-bond acceptors (Lipinski definition) is 3. The van der Waals surface area contributed by atoms with Crippen molar-refractivity contribution in [3.05, 3.63) is 48.5 Å². The van der Waals surface area contributed by atoms with Crippen LogP contribution < -0.4 is 5.32 Å². The van der Waals surface area contributed by atoms with Crippen LogP contribution in [0, 0.1) is 0 Å². The van der Waals surface area contributed by atoms with Crippen molar-refractivity contribution >= 4 is 12.4 Å². The molecule has 1 N–H and O–H groups in total. The Labute approximate surface area is 126 Å². The van der Waals surface area contributed by atoms with Gasteiger partial charge in [-0.3, -0.25) is 4.90 Å². The minimum absolute atomic E-state index is 0. The Bertz CT molecular complexity index is 509. The second-order valence-corrected chi connectivity index (χ2v) is 5.23. The molecule has 0 spiro atoms. The molecule has 0 aliphatic carbocycles. The van der Waals surface area contributed by atoms with Crippen LogP contribution in [0.1, 0.15) is 12.5 Å². The highest BCUT2D eigenvalue weighted by molar-refractivity contribution is 5.85. The van der Waals surface area contributed by atoms with E-state index in [0.717, 1.165) is 31.9 Å². The van der Waals surface area contributed by atoms with Crippen molar-refractivity contribution in [3.8, 4) is 5.69 Å². The largest absolute Gasteiger partial charge is 0.312 e. The number of piperazine rings is 1. The van der Waals surface area contributed by atoms with Gasteiger partial charge in [-0.05, 0) is 24.6 Å². The van der Waals surface area contributed by atoms with E-state index in [-0.39, 0.29) is 12.4 Å². The molecule has 0 radical (unpaired) electrons. The van der Waals surface area contributed by atoms with Gasteiger partial charge in [-0.2, -0.15) is 0 Å². The van der Waals surface area contributed by atoms with Gasteiger partial charge in [-0.25, -0.2) is 4.98 Å². The van der Waals surface area contributed by atoms with Crippen LogP contribution in [0.2, 0.25) is 0 Å². The van der Waals surface area contributed by atoms with Crippen LogP contribution >= 0.6 is 12.4 Å². The van der Waals surface area contributed by atoms with E-state index < -0.39 is 0 Å². The van der Waals surface area contributed by atoms with Crippen molar-refractivity contribution in [2.75, 3.05) is 19.6 Å². The average Bonchev–Trinajstić information content (AvgIpc) is 2.94. The lowest BCUT2D eigenvalue weighted by Gasteiger charge is -2.31. The first-order valence-electron chi connectivity index (χ1n) is 6.84. The molecule has 3 rings (SSSR count). The van der Waals surface area contributed by atoms with Crippen LogP contribution in [0.3, 0.4) is 0 Å². The van der Waals surface area contributed by atoms with Gasteiger partial charge >= 0.3 is 0 Å². The number of halogens is 1. The van der Waals surface area contributed by atoms with Crippen molar-refractivity contribution in [3.63, 3.8) is 0 Å². The summed E-state index contributed by atoms with van der Waals surface area (Å²) in [6.07, 6.45) is 5.59. The third-order valence-corrected chi connectivity index (χ3v) is 3.60. The van der Waals surface area contributed by atoms with Gasteiger partial charge in [0, 0.05) is 50.3 Å². The lowest BCUT2D eigenvalue weighted by atomic mass is 10.1. The predicted molar refractivity (Wildman–Crippen MR) is 83.6 cm³/mol. The lowest BCUT2D eigenvalue weighted by molar-refractivity contribution is 0.199. The van der Waals surface area contributed by atoms with Gasteiger partial charge in [0.2, 0.25) is 0 Å². The topological polar surface area (TPSA) is 33.1 Å². The zero-order chi connectivity index (χ0) is 13.1. The van der Waals surface area contributed by atoms with Gasteiger partial charge < -0.3 is 9.88 Å². The molecule has 1 fully saturated rings. The van der Waals surface area contributed by atoms with E-state index in [2.05, 4.69) is 46.4 Å². The molecule has 1 aromatic carbocycles. The second-order valence-electron chi connectivity index (χ2n) is 5.23. The number of imidazole rings is 1. The summed E-state index contributed by atoms with van der Waals surface area (Å²) >= 11 is 0. The van der Waals surface area contributed by atoms with E-state index in [9.17, 15) is 0 Å². The first kappa shape index (κ1) is 15.0. The molecule has 0 amide bonds. The highest BCUT2D eigenvalue weighted by Gasteiger charge is 2.15. The zero-order valence-electron chi connectivity index (χ0n) is 11.7. The summed E-state index contributed by atoms with van der Waals surface area (Å²) in [6, 6.07) is 9.33. The Kier molecular flexibility index (Phi) is 5.17. The molecular weight excluding hydrogens is 272 g/mol. The van der Waals surface area contributed by atoms with Crippen LogP contribution in [-0.4, -0.2) is 40.1 Å². The summed E-state index contributed by atoms with van der Waals surface area (Å²) in [5.74, 6) is 0. The molecule has 1 atom stereocenters. The van der Waals surface area contributed by atoms with E-state index in [1.165, 1.54) is 5.56 Å². The Balaban J connectivity index is 0.00000147. The molecule has 0 unspecified atom stereocenters. The molecule has 108 valence electrons. The van der Waals surface area contributed by atoms with Gasteiger partial charge in [-0.1, -0.05) is 12.1 Å². The van der Waals surface area contributed by atoms with E-state index in [4.69, 9.17) is 0 Å². The van der Waals surface area contributed by atoms with E-state index in [0.29, 0.717) is 6.04 Å². The van der Waals surface area contributed by atoms with Crippen LogP contribution in [0.25, 0.3) is 5.69 Å². The zero-order valence-corrected chi connectivity index (χ0v) is 12.5. The van der Waals surface area contributed by atoms with Gasteiger partial charge in [0.05, 0.1) is 6.33 Å². The molecule has 2 heterocycles. The minimum Gasteiger partial charge on any atom is -0.312 e. The van der Waals surface area contributed by atoms with Crippen molar-refractivity contribution in [1.29, 1.82) is 0 Å². The Morgan fingerprint density at radius 3 is 2.75 bits per heavy atom. The third kappa shape index (κ3) is 3.60. The number of aromatic nitrogens is 2. The maximum absolute atomic E-state index is 4.07. The fourth-order valence-electron chi connectivity index (χ4n) is 2.60. The minimum atomic E-state index is 0. The summed E-state index contributed by atoms with van der Waals surface area (Å²) in [5.41, 5.74) is 2.54. The summed E-state index contributed by atoms with van der Waals surface area (Å²) in [4.78, 5) is 6.58. The van der Waals surface area contributed by atoms with Crippen molar-refractivity contribution in [2.24, 2.45) is 0 Å². The molecule has 1 aliphatic heterocycles. The Hall–Kier alpha value is -1.36. The quantitative estimate of drug-likeness (QED) is 0.940. The highest BCUT2D eigenvalue weighted by Crippen LogP contribution is 2.12. The number of nitrogens with zero attached hydrogens (tertiary/aromatic N) is 3. The summed E-state index contributed by atoms with van der Waals surface area (Å²) in [7, 11) is 0. The first-order chi connectivity index (χ1) is 9.31. The number of hydrogen-bond donors (Lipinski definition) is 1. The van der Waals surface area contributed by atoms with Crippen molar-refractivity contribution < 1.29 is 0 Å². The lowest BCUT2D eigenvalue weighted by Crippen LogP contribution is -2.48. The monoisotopic (exact) mass is 292 g/mol. The van der Waals surface area contributed by atoms with Crippen LogP contribution in [-0.2, 0) is 6.54 Å². The number of nitrogens with one attached hydrogen (secondary N) is 1. The van der Waals surface area contributed by atoms with Gasteiger partial charge in [0.25, 0.3) is 0 Å². The van der Waals surface area contributed by atoms with Crippen LogP contribution in [0.5, 0.6) is 0 Å². The van der Waals surface area contributed by atoms with E-state index in [1.54, 1.807) is 6.20 Å². The maximum Gasteiger partial charge on any atom is 0.0991 e. The predicted octanol–water partition coefficient (Wildman–Crippen LogP) is 2.09. The fourth-order valence-corrected chi connectivity index (χ4v) is 2.60. The molecule has 1 aromatic heterocycles. The molecule has 0 bridgehead atoms. The average molecular weight is 293 g/mol. The van der Waals surface area contributed by atoms with Crippen molar-refractivity contribution in [2.45, 2.75) is 19.5 Å². The normalized spacial score (nSPS) is 19.6. The molecule has 0 saturated carbocycles. The number of rotatable bonds is 3. The summed E-state index contributed by atoms with van der Waals surface area (Å²) in [6.45, 7) is 6.63. The highest BCUT2D eigenvalue weighted by atomic mass is 35.5. The molecule has 5 heteroatoms. The van der Waals surface area contributed by atoms with Gasteiger partial charge in [0.15, 0.2) is 0 Å². The molecule has 1 aliphatic rings. The SMILES string of the molecule is C[C@@H]1CN(Cc2ccc(-n3ccnc3)cc2)CCN1.Cl. The molecule has 4 nitrogen and oxygen atoms in total. The molecular formula is C15H21ClN4. The van der Waals surface area contributed by atoms with Crippen molar-refractivity contribution in [1.82, 2.24) is 19.8 Å². The molecule has 2 aromatic rings. The van der Waals surface area contributed by atoms with Gasteiger partial charge in [0.1, 0.15) is 0 Å². The Morgan fingerprint density at radius 1 is 1.30 bits per heavy atom. The summed E-state index contributed by atoms with van der Waals surface area (Å²) < 4.78 is 2.02. The van der Waals surface area contributed by atoms with Gasteiger partial charge in [-0.15, -0.1) is 12.4 Å². The molecule has 1 saturated heterocycles. The fraction of sp³-hybridized carbons (Fsp3) is 0.400. The van der Waals surface area contributed by atoms with E-state index >= 15 is 0 Å². The Morgan fingerprint density at radius 2 is 2.10 bits per heavy atom. The third-order valence-electron chi connectivity index (χ3n) is 3.60. The standard InChI is InChI=1S/C15H20N4.ClH/c1-13-10-18(8-7-17-13)11-14-2-4-15(5-3-14)19-9-6-16-12-19;/h2-6,9,12-13,17H,7-8,10-11H2,1H3;1H/t13-;/m1./s1. The van der Waals surface area contributed by atoms with Crippen LogP contribution in [0.15, 0.2) is 43.0 Å². The maximum atomic E-state index is 4.07. The summed E-state index contributed by atoms with van der Waals surface area (Å²) in [5, 5.41) is 3.47. The number of benzene rings is 1. The molecule has 20 heavy (non-hydrogen) atoms. The smallest absolute Gasteiger partial charge is 0.0991 e. The second kappa shape index (κ2) is 6.88. The van der Waals surface area contributed by atoms with E-state index in [1.807, 2.05) is 17.1 Å². The first-order valence-corrected chi connectivity index (χ1v) is 6.84.